The van der Waals surface area contributed by atoms with Gasteiger partial charge in [0, 0.05) is 18.0 Å². The number of nitro groups is 1. The fourth-order valence-electron chi connectivity index (χ4n) is 2.56. The van der Waals surface area contributed by atoms with Crippen LogP contribution in [0.1, 0.15) is 5.76 Å². The Morgan fingerprint density at radius 2 is 2.00 bits per heavy atom. The summed E-state index contributed by atoms with van der Waals surface area (Å²) in [6.07, 6.45) is 2.45. The molecule has 0 unspecified atom stereocenters. The van der Waals surface area contributed by atoms with Gasteiger partial charge >= 0.3 is 0 Å². The van der Waals surface area contributed by atoms with Crippen molar-refractivity contribution in [2.24, 2.45) is 0 Å². The lowest BCUT2D eigenvalue weighted by Gasteiger charge is -2.20. The van der Waals surface area contributed by atoms with E-state index in [0.29, 0.717) is 5.76 Å². The predicted molar refractivity (Wildman–Crippen MR) is 112 cm³/mol. The van der Waals surface area contributed by atoms with Crippen LogP contribution in [-0.2, 0) is 21.4 Å². The number of hydrogen-bond donors (Lipinski definition) is 1. The number of anilines is 1. The first-order valence-corrected chi connectivity index (χ1v) is 10.7. The van der Waals surface area contributed by atoms with Crippen molar-refractivity contribution < 1.29 is 22.6 Å². The number of nitrogens with zero attached hydrogens (tertiary/aromatic N) is 3. The summed E-state index contributed by atoms with van der Waals surface area (Å²) in [7, 11) is -4.15. The lowest BCUT2D eigenvalue weighted by Crippen LogP contribution is -2.37. The average molecular weight is 485 g/mol. The Morgan fingerprint density at radius 3 is 2.61 bits per heavy atom. The van der Waals surface area contributed by atoms with Crippen LogP contribution in [0.25, 0.3) is 0 Å². The molecular formula is C18H14Cl2N4O6S. The van der Waals surface area contributed by atoms with Gasteiger partial charge in [0.05, 0.1) is 24.3 Å². The van der Waals surface area contributed by atoms with E-state index in [-0.39, 0.29) is 27.3 Å². The summed E-state index contributed by atoms with van der Waals surface area (Å²) in [4.78, 5) is 26.5. The zero-order chi connectivity index (χ0) is 22.6. The van der Waals surface area contributed by atoms with E-state index in [9.17, 15) is 23.3 Å². The highest BCUT2D eigenvalue weighted by Crippen LogP contribution is 2.27. The Labute approximate surface area is 186 Å². The Bertz CT molecular complexity index is 1200. The maximum Gasteiger partial charge on any atom is 0.289 e. The number of carbonyl (C=O) groups is 1. The van der Waals surface area contributed by atoms with Gasteiger partial charge in [-0.3, -0.25) is 14.9 Å². The van der Waals surface area contributed by atoms with E-state index in [4.69, 9.17) is 27.6 Å². The quantitative estimate of drug-likeness (QED) is 0.292. The summed E-state index contributed by atoms with van der Waals surface area (Å²) in [6, 6.07) is 9.41. The number of hydrogen-bond acceptors (Lipinski definition) is 7. The van der Waals surface area contributed by atoms with Crippen molar-refractivity contribution >= 4 is 50.5 Å². The number of aromatic nitrogens is 1. The van der Waals surface area contributed by atoms with Crippen LogP contribution in [0.5, 0.6) is 0 Å². The molecule has 0 aliphatic rings. The Balaban J connectivity index is 1.85. The van der Waals surface area contributed by atoms with Gasteiger partial charge in [-0.25, -0.2) is 13.4 Å². The van der Waals surface area contributed by atoms with Crippen molar-refractivity contribution in [1.29, 1.82) is 0 Å². The number of carbonyl (C=O) groups excluding carboxylic acids is 1. The maximum atomic E-state index is 13.1. The zero-order valence-corrected chi connectivity index (χ0v) is 17.9. The lowest BCUT2D eigenvalue weighted by molar-refractivity contribution is -0.384. The third-order valence-electron chi connectivity index (χ3n) is 4.00. The molecule has 0 atom stereocenters. The van der Waals surface area contributed by atoms with Crippen LogP contribution in [0.15, 0.2) is 64.2 Å². The van der Waals surface area contributed by atoms with E-state index in [1.54, 1.807) is 12.1 Å². The van der Waals surface area contributed by atoms with E-state index in [0.717, 1.165) is 16.6 Å². The van der Waals surface area contributed by atoms with E-state index in [1.165, 1.54) is 30.5 Å². The molecule has 0 saturated heterocycles. The van der Waals surface area contributed by atoms with Gasteiger partial charge < -0.3 is 9.73 Å². The van der Waals surface area contributed by atoms with E-state index < -0.39 is 33.1 Å². The summed E-state index contributed by atoms with van der Waals surface area (Å²) < 4.78 is 32.2. The average Bonchev–Trinajstić information content (AvgIpc) is 3.22. The fourth-order valence-corrected chi connectivity index (χ4v) is 4.16. The van der Waals surface area contributed by atoms with Gasteiger partial charge in [-0.2, -0.15) is 4.31 Å². The second-order valence-electron chi connectivity index (χ2n) is 6.14. The van der Waals surface area contributed by atoms with Crippen LogP contribution in [0.2, 0.25) is 10.2 Å². The molecule has 0 bridgehead atoms. The number of amides is 1. The van der Waals surface area contributed by atoms with Crippen molar-refractivity contribution in [3.63, 3.8) is 0 Å². The third-order valence-corrected chi connectivity index (χ3v) is 6.32. The van der Waals surface area contributed by atoms with Crippen LogP contribution in [0.4, 0.5) is 11.4 Å². The molecule has 3 aromatic rings. The zero-order valence-electron chi connectivity index (χ0n) is 15.6. The largest absolute Gasteiger partial charge is 0.468 e. The number of nitro benzene ring substituents is 1. The Morgan fingerprint density at radius 1 is 1.23 bits per heavy atom. The topological polar surface area (TPSA) is 136 Å². The van der Waals surface area contributed by atoms with Crippen molar-refractivity contribution in [2.75, 3.05) is 11.9 Å². The number of halogens is 2. The third kappa shape index (κ3) is 5.58. The number of pyridine rings is 1. The van der Waals surface area contributed by atoms with E-state index in [1.807, 2.05) is 0 Å². The highest BCUT2D eigenvalue weighted by Gasteiger charge is 2.28. The molecule has 10 nitrogen and oxygen atoms in total. The van der Waals surface area contributed by atoms with Crippen LogP contribution >= 0.6 is 23.2 Å². The molecule has 0 spiro atoms. The molecule has 0 aliphatic carbocycles. The highest BCUT2D eigenvalue weighted by molar-refractivity contribution is 7.89. The number of sulfonamides is 1. The standard InChI is InChI=1S/C18H14Cl2N4O6S/c19-15-5-3-12(8-16(15)24(26)27)22-18(25)11-23(10-13-2-1-7-30-13)31(28,29)14-4-6-17(20)21-9-14/h1-9H,10-11H2,(H,22,25). The van der Waals surface area contributed by atoms with Gasteiger partial charge in [0.15, 0.2) is 0 Å². The first kappa shape index (κ1) is 22.7. The monoisotopic (exact) mass is 484 g/mol. The van der Waals surface area contributed by atoms with Crippen molar-refractivity contribution in [2.45, 2.75) is 11.4 Å². The summed E-state index contributed by atoms with van der Waals surface area (Å²) >= 11 is 11.5. The molecule has 0 aliphatic heterocycles. The maximum absolute atomic E-state index is 13.1. The van der Waals surface area contributed by atoms with Gasteiger partial charge in [-0.1, -0.05) is 23.2 Å². The molecule has 0 saturated carbocycles. The minimum Gasteiger partial charge on any atom is -0.468 e. The molecular weight excluding hydrogens is 471 g/mol. The van der Waals surface area contributed by atoms with Crippen molar-refractivity contribution in [3.8, 4) is 0 Å². The summed E-state index contributed by atoms with van der Waals surface area (Å²) in [5.41, 5.74) is -0.309. The minimum atomic E-state index is -4.15. The van der Waals surface area contributed by atoms with Crippen molar-refractivity contribution in [1.82, 2.24) is 9.29 Å². The van der Waals surface area contributed by atoms with Gasteiger partial charge in [0.1, 0.15) is 20.8 Å². The predicted octanol–water partition coefficient (Wildman–Crippen LogP) is 3.72. The molecule has 1 N–H and O–H groups in total. The molecule has 13 heteroatoms. The molecule has 1 aromatic carbocycles. The molecule has 1 amide bonds. The molecule has 0 fully saturated rings. The summed E-state index contributed by atoms with van der Waals surface area (Å²) in [5.74, 6) is -0.422. The highest BCUT2D eigenvalue weighted by atomic mass is 35.5. The minimum absolute atomic E-state index is 0.0876. The first-order valence-electron chi connectivity index (χ1n) is 8.54. The summed E-state index contributed by atoms with van der Waals surface area (Å²) in [5, 5.41) is 13.5. The molecule has 162 valence electrons. The van der Waals surface area contributed by atoms with E-state index >= 15 is 0 Å². The Hall–Kier alpha value is -2.99. The van der Waals surface area contributed by atoms with Gasteiger partial charge in [0.25, 0.3) is 5.69 Å². The van der Waals surface area contributed by atoms with Gasteiger partial charge in [0.2, 0.25) is 15.9 Å². The first-order chi connectivity index (χ1) is 14.7. The normalized spacial score (nSPS) is 11.5. The Kier molecular flexibility index (Phi) is 6.91. The number of benzene rings is 1. The lowest BCUT2D eigenvalue weighted by atomic mass is 10.3. The molecule has 31 heavy (non-hydrogen) atoms. The number of nitrogens with one attached hydrogen (secondary N) is 1. The van der Waals surface area contributed by atoms with Crippen LogP contribution in [0, 0.1) is 10.1 Å². The molecule has 0 radical (unpaired) electrons. The van der Waals surface area contributed by atoms with Gasteiger partial charge in [-0.05, 0) is 36.4 Å². The SMILES string of the molecule is O=C(CN(Cc1ccco1)S(=O)(=O)c1ccc(Cl)nc1)Nc1ccc(Cl)c([N+](=O)[O-])c1. The fraction of sp³-hybridized carbons (Fsp3) is 0.111. The van der Waals surface area contributed by atoms with E-state index in [2.05, 4.69) is 10.3 Å². The smallest absolute Gasteiger partial charge is 0.289 e. The molecule has 2 heterocycles. The second kappa shape index (κ2) is 9.43. The van der Waals surface area contributed by atoms with Crippen LogP contribution in [0.3, 0.4) is 0 Å². The molecule has 3 rings (SSSR count). The molecule has 2 aromatic heterocycles. The number of furan rings is 1. The number of rotatable bonds is 8. The van der Waals surface area contributed by atoms with Crippen molar-refractivity contribution in [3.05, 3.63) is 81.0 Å². The second-order valence-corrected chi connectivity index (χ2v) is 8.87. The van der Waals surface area contributed by atoms with Gasteiger partial charge in [-0.15, -0.1) is 0 Å². The van der Waals surface area contributed by atoms with Crippen LogP contribution in [-0.4, -0.2) is 35.1 Å². The summed E-state index contributed by atoms with van der Waals surface area (Å²) in [6.45, 7) is -0.825. The van der Waals surface area contributed by atoms with Crippen LogP contribution < -0.4 is 5.32 Å².